The highest BCUT2D eigenvalue weighted by Gasteiger charge is 2.29. The van der Waals surface area contributed by atoms with Gasteiger partial charge in [-0.15, -0.1) is 0 Å². The molecular weight excluding hydrogens is 494 g/mol. The summed E-state index contributed by atoms with van der Waals surface area (Å²) in [7, 11) is -3.61. The monoisotopic (exact) mass is 529 g/mol. The van der Waals surface area contributed by atoms with Crippen molar-refractivity contribution in [1.29, 1.82) is 0 Å². The van der Waals surface area contributed by atoms with E-state index in [0.29, 0.717) is 31.9 Å². The molecule has 2 aliphatic heterocycles. The average molecular weight is 530 g/mol. The van der Waals surface area contributed by atoms with Gasteiger partial charge >= 0.3 is 0 Å². The second-order valence-electron chi connectivity index (χ2n) is 9.94. The number of carbonyl (C=O) groups is 1. The highest BCUT2D eigenvalue weighted by atomic mass is 32.2. The number of amides is 1. The summed E-state index contributed by atoms with van der Waals surface area (Å²) in [5.74, 6) is 1.85. The van der Waals surface area contributed by atoms with E-state index >= 15 is 0 Å². The fraction of sp³-hybridized carbons (Fsp3) is 0.519. The van der Waals surface area contributed by atoms with Gasteiger partial charge in [0.05, 0.1) is 4.90 Å². The second kappa shape index (κ2) is 11.3. The number of carbonyl (C=O) groups excluding carboxylic acids is 1. The van der Waals surface area contributed by atoms with Gasteiger partial charge in [0.15, 0.2) is 17.6 Å². The van der Waals surface area contributed by atoms with Gasteiger partial charge in [-0.05, 0) is 61.7 Å². The maximum Gasteiger partial charge on any atom is 0.260 e. The van der Waals surface area contributed by atoms with Gasteiger partial charge in [0.1, 0.15) is 5.75 Å². The molecular formula is C27H35N3O6S. The molecule has 0 spiro atoms. The number of ether oxygens (including phenoxy) is 3. The molecule has 2 aromatic carbocycles. The van der Waals surface area contributed by atoms with E-state index in [2.05, 4.69) is 10.2 Å². The topological polar surface area (TPSA) is 97.4 Å². The van der Waals surface area contributed by atoms with Crippen molar-refractivity contribution in [2.75, 3.05) is 33.0 Å². The van der Waals surface area contributed by atoms with Crippen LogP contribution in [0.2, 0.25) is 0 Å². The zero-order valence-electron chi connectivity index (χ0n) is 21.2. The zero-order valence-corrected chi connectivity index (χ0v) is 22.0. The lowest BCUT2D eigenvalue weighted by molar-refractivity contribution is -0.128. The van der Waals surface area contributed by atoms with Crippen LogP contribution in [-0.2, 0) is 21.4 Å². The van der Waals surface area contributed by atoms with Gasteiger partial charge in [0.2, 0.25) is 16.8 Å². The Morgan fingerprint density at radius 3 is 2.43 bits per heavy atom. The Morgan fingerprint density at radius 1 is 1.00 bits per heavy atom. The molecule has 0 aromatic heterocycles. The van der Waals surface area contributed by atoms with Crippen molar-refractivity contribution in [3.63, 3.8) is 0 Å². The summed E-state index contributed by atoms with van der Waals surface area (Å²) in [5.41, 5.74) is 1.11. The predicted octanol–water partition coefficient (Wildman–Crippen LogP) is 3.14. The lowest BCUT2D eigenvalue weighted by Gasteiger charge is -2.34. The number of rotatable bonds is 8. The highest BCUT2D eigenvalue weighted by molar-refractivity contribution is 7.89. The molecule has 0 unspecified atom stereocenters. The van der Waals surface area contributed by atoms with E-state index in [9.17, 15) is 13.2 Å². The van der Waals surface area contributed by atoms with Gasteiger partial charge < -0.3 is 19.5 Å². The molecule has 5 rings (SSSR count). The number of piperazine rings is 1. The molecule has 2 fully saturated rings. The summed E-state index contributed by atoms with van der Waals surface area (Å²) in [6, 6.07) is 12.5. The van der Waals surface area contributed by atoms with E-state index in [0.717, 1.165) is 49.3 Å². The van der Waals surface area contributed by atoms with Crippen LogP contribution in [-0.4, -0.2) is 68.6 Å². The number of hydrogen-bond donors (Lipinski definition) is 1. The summed E-state index contributed by atoms with van der Waals surface area (Å²) in [5, 5.41) is 3.06. The van der Waals surface area contributed by atoms with Crippen LogP contribution in [0.15, 0.2) is 47.4 Å². The third kappa shape index (κ3) is 6.19. The summed E-state index contributed by atoms with van der Waals surface area (Å²) in [6.07, 6.45) is 4.89. The smallest absolute Gasteiger partial charge is 0.260 e. The van der Waals surface area contributed by atoms with E-state index < -0.39 is 16.1 Å². The van der Waals surface area contributed by atoms with Gasteiger partial charge in [-0.1, -0.05) is 25.3 Å². The van der Waals surface area contributed by atoms with E-state index in [4.69, 9.17) is 14.2 Å². The van der Waals surface area contributed by atoms with E-state index in [1.807, 2.05) is 18.2 Å². The Kier molecular flexibility index (Phi) is 7.87. The molecule has 1 saturated heterocycles. The highest BCUT2D eigenvalue weighted by Crippen LogP contribution is 2.33. The molecule has 0 bridgehead atoms. The van der Waals surface area contributed by atoms with E-state index in [-0.39, 0.29) is 23.6 Å². The van der Waals surface area contributed by atoms with Crippen molar-refractivity contribution in [2.45, 2.75) is 62.6 Å². The average Bonchev–Trinajstić information content (AvgIpc) is 3.38. The van der Waals surface area contributed by atoms with Gasteiger partial charge in [-0.3, -0.25) is 9.69 Å². The maximum absolute atomic E-state index is 13.2. The minimum atomic E-state index is -3.61. The minimum Gasteiger partial charge on any atom is -0.481 e. The van der Waals surface area contributed by atoms with Crippen LogP contribution in [0, 0.1) is 0 Å². The molecule has 9 nitrogen and oxygen atoms in total. The molecule has 1 aliphatic carbocycles. The van der Waals surface area contributed by atoms with Gasteiger partial charge in [0, 0.05) is 38.8 Å². The third-order valence-corrected chi connectivity index (χ3v) is 9.18. The van der Waals surface area contributed by atoms with Crippen molar-refractivity contribution in [3.8, 4) is 17.2 Å². The Bertz CT molecular complexity index is 1190. The Labute approximate surface area is 218 Å². The van der Waals surface area contributed by atoms with Gasteiger partial charge in [-0.2, -0.15) is 4.31 Å². The first-order valence-corrected chi connectivity index (χ1v) is 14.5. The first kappa shape index (κ1) is 25.8. The first-order valence-electron chi connectivity index (χ1n) is 13.1. The predicted molar refractivity (Wildman–Crippen MR) is 138 cm³/mol. The molecule has 1 atom stereocenters. The number of nitrogens with one attached hydrogen (secondary N) is 1. The SMILES string of the molecule is C[C@H](Oc1ccc(S(=O)(=O)N2CCN(Cc3ccc4c(c3)OCO4)CC2)cc1)C(=O)NC1CCCCC1. The van der Waals surface area contributed by atoms with E-state index in [1.54, 1.807) is 31.2 Å². The number of sulfonamides is 1. The van der Waals surface area contributed by atoms with Crippen LogP contribution in [0.1, 0.15) is 44.6 Å². The zero-order chi connectivity index (χ0) is 25.8. The van der Waals surface area contributed by atoms with Crippen molar-refractivity contribution >= 4 is 15.9 Å². The Morgan fingerprint density at radius 2 is 1.70 bits per heavy atom. The molecule has 10 heteroatoms. The van der Waals surface area contributed by atoms with Crippen LogP contribution in [0.4, 0.5) is 0 Å². The largest absolute Gasteiger partial charge is 0.481 e. The summed E-state index contributed by atoms with van der Waals surface area (Å²) < 4.78 is 44.6. The lowest BCUT2D eigenvalue weighted by atomic mass is 9.95. The maximum atomic E-state index is 13.2. The Hall–Kier alpha value is -2.82. The fourth-order valence-electron chi connectivity index (χ4n) is 5.09. The number of hydrogen-bond acceptors (Lipinski definition) is 7. The van der Waals surface area contributed by atoms with Crippen LogP contribution >= 0.6 is 0 Å². The van der Waals surface area contributed by atoms with Gasteiger partial charge in [0.25, 0.3) is 5.91 Å². The number of nitrogens with zero attached hydrogens (tertiary/aromatic N) is 2. The fourth-order valence-corrected chi connectivity index (χ4v) is 6.51. The Balaban J connectivity index is 1.12. The van der Waals surface area contributed by atoms with Gasteiger partial charge in [-0.25, -0.2) is 8.42 Å². The number of fused-ring (bicyclic) bond motifs is 1. The summed E-state index contributed by atoms with van der Waals surface area (Å²) in [4.78, 5) is 14.9. The standard InChI is InChI=1S/C27H35N3O6S/c1-20(27(31)28-22-5-3-2-4-6-22)36-23-8-10-24(11-9-23)37(32,33)30-15-13-29(14-16-30)18-21-7-12-25-26(17-21)35-19-34-25/h7-12,17,20,22H,2-6,13-16,18-19H2,1H3,(H,28,31)/t20-/m0/s1. The molecule has 2 heterocycles. The molecule has 0 radical (unpaired) electrons. The molecule has 3 aliphatic rings. The van der Waals surface area contributed by atoms with Crippen molar-refractivity contribution in [2.24, 2.45) is 0 Å². The molecule has 1 amide bonds. The third-order valence-electron chi connectivity index (χ3n) is 7.27. The first-order chi connectivity index (χ1) is 17.9. The molecule has 200 valence electrons. The van der Waals surface area contributed by atoms with E-state index in [1.165, 1.54) is 10.7 Å². The van der Waals surface area contributed by atoms with Crippen molar-refractivity contribution in [1.82, 2.24) is 14.5 Å². The van der Waals surface area contributed by atoms with Crippen LogP contribution in [0.3, 0.4) is 0 Å². The molecule has 37 heavy (non-hydrogen) atoms. The summed E-state index contributed by atoms with van der Waals surface area (Å²) >= 11 is 0. The van der Waals surface area contributed by atoms with Crippen LogP contribution in [0.25, 0.3) is 0 Å². The minimum absolute atomic E-state index is 0.137. The quantitative estimate of drug-likeness (QED) is 0.561. The summed E-state index contributed by atoms with van der Waals surface area (Å²) in [6.45, 7) is 4.81. The van der Waals surface area contributed by atoms with Crippen LogP contribution < -0.4 is 19.5 Å². The second-order valence-corrected chi connectivity index (χ2v) is 11.9. The van der Waals surface area contributed by atoms with Crippen LogP contribution in [0.5, 0.6) is 17.2 Å². The van der Waals surface area contributed by atoms with Crippen molar-refractivity contribution in [3.05, 3.63) is 48.0 Å². The molecule has 1 N–H and O–H groups in total. The lowest BCUT2D eigenvalue weighted by Crippen LogP contribution is -2.48. The molecule has 1 saturated carbocycles. The number of benzene rings is 2. The molecule has 2 aromatic rings. The van der Waals surface area contributed by atoms with Crippen molar-refractivity contribution < 1.29 is 27.4 Å². The normalized spacial score (nSPS) is 19.9.